The fraction of sp³-hybridized carbons (Fsp3) is 0.417. The highest BCUT2D eigenvalue weighted by Crippen LogP contribution is 2.30. The van der Waals surface area contributed by atoms with Crippen LogP contribution in [0.1, 0.15) is 18.4 Å². The quantitative estimate of drug-likeness (QED) is 0.925. The normalized spacial score (nSPS) is 20.6. The Balaban J connectivity index is 2.48. The number of rotatable bonds is 3. The lowest BCUT2D eigenvalue weighted by Crippen LogP contribution is -2.40. The molecular weight excluding hydrogens is 290 g/mol. The molecule has 1 aliphatic rings. The Kier molecular flexibility index (Phi) is 3.85. The van der Waals surface area contributed by atoms with E-state index in [2.05, 4.69) is 0 Å². The Labute approximate surface area is 116 Å². The minimum Gasteiger partial charge on any atom is -0.480 e. The number of halogens is 1. The molecule has 0 unspecified atom stereocenters. The van der Waals surface area contributed by atoms with Crippen LogP contribution in [0, 0.1) is 6.92 Å². The summed E-state index contributed by atoms with van der Waals surface area (Å²) in [5.74, 6) is -1.12. The Morgan fingerprint density at radius 2 is 2.16 bits per heavy atom. The number of nitrogens with zero attached hydrogens (tertiary/aromatic N) is 1. The molecule has 0 aromatic heterocycles. The summed E-state index contributed by atoms with van der Waals surface area (Å²) >= 11 is 5.93. The summed E-state index contributed by atoms with van der Waals surface area (Å²) in [5.41, 5.74) is 0.758. The number of benzene rings is 1. The summed E-state index contributed by atoms with van der Waals surface area (Å²) in [5, 5.41) is 9.19. The van der Waals surface area contributed by atoms with Crippen LogP contribution >= 0.6 is 11.6 Å². The number of carbonyl (C=O) groups is 1. The maximum Gasteiger partial charge on any atom is 0.322 e. The van der Waals surface area contributed by atoms with Crippen molar-refractivity contribution in [2.45, 2.75) is 30.7 Å². The van der Waals surface area contributed by atoms with Crippen LogP contribution in [0.2, 0.25) is 5.02 Å². The molecule has 1 aliphatic heterocycles. The summed E-state index contributed by atoms with van der Waals surface area (Å²) in [6.07, 6.45) is 0.873. The first kappa shape index (κ1) is 14.3. The van der Waals surface area contributed by atoms with Crippen LogP contribution < -0.4 is 0 Å². The minimum absolute atomic E-state index is 0.0256. The van der Waals surface area contributed by atoms with Gasteiger partial charge in [-0.3, -0.25) is 4.79 Å². The summed E-state index contributed by atoms with van der Waals surface area (Å²) < 4.78 is 26.0. The number of hydrogen-bond acceptors (Lipinski definition) is 3. The fourth-order valence-electron chi connectivity index (χ4n) is 2.21. The van der Waals surface area contributed by atoms with Crippen molar-refractivity contribution < 1.29 is 18.3 Å². The van der Waals surface area contributed by atoms with Gasteiger partial charge in [0.2, 0.25) is 10.0 Å². The van der Waals surface area contributed by atoms with Crippen molar-refractivity contribution in [3.8, 4) is 0 Å². The van der Waals surface area contributed by atoms with Gasteiger partial charge in [0, 0.05) is 6.54 Å². The van der Waals surface area contributed by atoms with Crippen molar-refractivity contribution in [1.29, 1.82) is 0 Å². The topological polar surface area (TPSA) is 74.7 Å². The number of aryl methyl sites for hydroxylation is 1. The molecule has 104 valence electrons. The molecule has 1 saturated heterocycles. The molecule has 1 fully saturated rings. The van der Waals surface area contributed by atoms with Crippen LogP contribution in [0.4, 0.5) is 0 Å². The Hall–Kier alpha value is -1.11. The van der Waals surface area contributed by atoms with Gasteiger partial charge in [0.05, 0.1) is 5.02 Å². The Morgan fingerprint density at radius 1 is 1.47 bits per heavy atom. The van der Waals surface area contributed by atoms with E-state index >= 15 is 0 Å². The van der Waals surface area contributed by atoms with Gasteiger partial charge in [-0.05, 0) is 37.5 Å². The van der Waals surface area contributed by atoms with Gasteiger partial charge in [-0.2, -0.15) is 4.31 Å². The van der Waals surface area contributed by atoms with E-state index in [0.717, 1.165) is 9.87 Å². The van der Waals surface area contributed by atoms with Crippen LogP contribution in [-0.4, -0.2) is 36.4 Å². The van der Waals surface area contributed by atoms with Crippen molar-refractivity contribution in [3.63, 3.8) is 0 Å². The first-order valence-electron chi connectivity index (χ1n) is 5.85. The third-order valence-electron chi connectivity index (χ3n) is 3.16. The van der Waals surface area contributed by atoms with Crippen molar-refractivity contribution >= 4 is 27.6 Å². The first-order valence-corrected chi connectivity index (χ1v) is 7.66. The Bertz CT molecular complexity index is 614. The zero-order valence-corrected chi connectivity index (χ0v) is 11.9. The maximum atomic E-state index is 12.5. The average Bonchev–Trinajstić information content (AvgIpc) is 2.82. The first-order chi connectivity index (χ1) is 8.84. The van der Waals surface area contributed by atoms with Gasteiger partial charge in [0.1, 0.15) is 10.9 Å². The lowest BCUT2D eigenvalue weighted by molar-refractivity contribution is -0.140. The van der Waals surface area contributed by atoms with E-state index in [1.165, 1.54) is 12.1 Å². The van der Waals surface area contributed by atoms with E-state index in [9.17, 15) is 13.2 Å². The van der Waals surface area contributed by atoms with E-state index in [1.54, 1.807) is 13.0 Å². The second-order valence-corrected chi connectivity index (χ2v) is 6.81. The largest absolute Gasteiger partial charge is 0.480 e. The molecule has 2 rings (SSSR count). The summed E-state index contributed by atoms with van der Waals surface area (Å²) in [6, 6.07) is 3.69. The SMILES string of the molecule is Cc1ccc(Cl)c(S(=O)(=O)N2CCC[C@H]2C(=O)O)c1. The minimum atomic E-state index is -3.87. The summed E-state index contributed by atoms with van der Waals surface area (Å²) in [6.45, 7) is 1.97. The van der Waals surface area contributed by atoms with Gasteiger partial charge in [0.15, 0.2) is 0 Å². The fourth-order valence-corrected chi connectivity index (χ4v) is 4.42. The number of aliphatic carboxylic acids is 1. The molecule has 0 spiro atoms. The van der Waals surface area contributed by atoms with Crippen LogP contribution in [0.25, 0.3) is 0 Å². The monoisotopic (exact) mass is 303 g/mol. The van der Waals surface area contributed by atoms with Gasteiger partial charge < -0.3 is 5.11 Å². The molecule has 19 heavy (non-hydrogen) atoms. The van der Waals surface area contributed by atoms with Gasteiger partial charge in [-0.1, -0.05) is 17.7 Å². The molecular formula is C12H14ClNO4S. The van der Waals surface area contributed by atoms with E-state index in [1.807, 2.05) is 0 Å². The highest BCUT2D eigenvalue weighted by atomic mass is 35.5. The zero-order valence-electron chi connectivity index (χ0n) is 10.3. The van der Waals surface area contributed by atoms with E-state index in [0.29, 0.717) is 12.8 Å². The van der Waals surface area contributed by atoms with Crippen molar-refractivity contribution in [2.24, 2.45) is 0 Å². The number of sulfonamides is 1. The number of carboxylic acid groups (broad SMARTS) is 1. The van der Waals surface area contributed by atoms with Gasteiger partial charge in [-0.25, -0.2) is 8.42 Å². The van der Waals surface area contributed by atoms with E-state index < -0.39 is 22.0 Å². The third-order valence-corrected chi connectivity index (χ3v) is 5.55. The maximum absolute atomic E-state index is 12.5. The van der Waals surface area contributed by atoms with E-state index in [4.69, 9.17) is 16.7 Å². The second-order valence-electron chi connectivity index (χ2n) is 4.55. The van der Waals surface area contributed by atoms with Crippen LogP contribution in [0.5, 0.6) is 0 Å². The molecule has 5 nitrogen and oxygen atoms in total. The van der Waals surface area contributed by atoms with Crippen molar-refractivity contribution in [3.05, 3.63) is 28.8 Å². The lowest BCUT2D eigenvalue weighted by Gasteiger charge is -2.21. The molecule has 1 heterocycles. The molecule has 1 aromatic rings. The molecule has 1 N–H and O–H groups in total. The van der Waals surface area contributed by atoms with Gasteiger partial charge in [0.25, 0.3) is 0 Å². The number of carboxylic acids is 1. The molecule has 0 aliphatic carbocycles. The zero-order chi connectivity index (χ0) is 14.2. The number of hydrogen-bond donors (Lipinski definition) is 1. The molecule has 0 bridgehead atoms. The molecule has 0 saturated carbocycles. The predicted octanol–water partition coefficient (Wildman–Crippen LogP) is 1.89. The third kappa shape index (κ3) is 2.61. The highest BCUT2D eigenvalue weighted by molar-refractivity contribution is 7.89. The Morgan fingerprint density at radius 3 is 2.79 bits per heavy atom. The highest BCUT2D eigenvalue weighted by Gasteiger charge is 2.40. The van der Waals surface area contributed by atoms with Crippen molar-refractivity contribution in [2.75, 3.05) is 6.54 Å². The lowest BCUT2D eigenvalue weighted by atomic mass is 10.2. The summed E-state index contributed by atoms with van der Waals surface area (Å²) in [7, 11) is -3.87. The smallest absolute Gasteiger partial charge is 0.322 e. The van der Waals surface area contributed by atoms with Crippen molar-refractivity contribution in [1.82, 2.24) is 4.31 Å². The second kappa shape index (κ2) is 5.11. The van der Waals surface area contributed by atoms with Gasteiger partial charge >= 0.3 is 5.97 Å². The standard InChI is InChI=1S/C12H14ClNO4S/c1-8-4-5-9(13)11(7-8)19(17,18)14-6-2-3-10(14)12(15)16/h4-5,7,10H,2-3,6H2,1H3,(H,15,16)/t10-/m0/s1. The molecule has 1 aromatic carbocycles. The van der Waals surface area contributed by atoms with E-state index in [-0.39, 0.29) is 16.5 Å². The molecule has 1 atom stereocenters. The average molecular weight is 304 g/mol. The molecule has 0 amide bonds. The van der Waals surface area contributed by atoms with Crippen LogP contribution in [0.3, 0.4) is 0 Å². The van der Waals surface area contributed by atoms with Gasteiger partial charge in [-0.15, -0.1) is 0 Å². The van der Waals surface area contributed by atoms with Crippen LogP contribution in [-0.2, 0) is 14.8 Å². The van der Waals surface area contributed by atoms with Crippen LogP contribution in [0.15, 0.2) is 23.1 Å². The molecule has 7 heteroatoms. The predicted molar refractivity (Wildman–Crippen MR) is 70.7 cm³/mol. The molecule has 0 radical (unpaired) electrons. The summed E-state index contributed by atoms with van der Waals surface area (Å²) in [4.78, 5) is 11.1.